The van der Waals surface area contributed by atoms with Gasteiger partial charge < -0.3 is 33.2 Å². The van der Waals surface area contributed by atoms with Crippen molar-refractivity contribution in [2.75, 3.05) is 72.7 Å². The van der Waals surface area contributed by atoms with E-state index in [1.165, 1.54) is 6.42 Å². The highest BCUT2D eigenvalue weighted by Gasteiger charge is 2.13. The smallest absolute Gasteiger partial charge is 0.308 e. The molecule has 1 atom stereocenters. The number of rotatable bonds is 17. The van der Waals surface area contributed by atoms with Crippen LogP contribution in [0.2, 0.25) is 0 Å². The summed E-state index contributed by atoms with van der Waals surface area (Å²) in [5.74, 6) is -0.238. The van der Waals surface area contributed by atoms with Crippen LogP contribution in [0.25, 0.3) is 0 Å². The molecule has 1 unspecified atom stereocenters. The summed E-state index contributed by atoms with van der Waals surface area (Å²) in [7, 11) is 0. The van der Waals surface area contributed by atoms with E-state index in [1.54, 1.807) is 6.92 Å². The van der Waals surface area contributed by atoms with E-state index in [0.29, 0.717) is 66.1 Å². The highest BCUT2D eigenvalue weighted by atomic mass is 16.7. The summed E-state index contributed by atoms with van der Waals surface area (Å²) in [6.07, 6.45) is 3.48. The molecular weight excluding hydrogens is 344 g/mol. The average Bonchev–Trinajstić information content (AvgIpc) is 2.66. The molecule has 0 aromatic carbocycles. The first-order valence-corrected chi connectivity index (χ1v) is 9.52. The molecule has 0 radical (unpaired) electrons. The van der Waals surface area contributed by atoms with Crippen LogP contribution in [0.1, 0.15) is 32.6 Å². The Hall–Kier alpha value is -0.770. The van der Waals surface area contributed by atoms with Gasteiger partial charge in [0.05, 0.1) is 72.5 Å². The molecule has 0 bridgehead atoms. The molecule has 0 spiro atoms. The molecule has 0 amide bonds. The van der Waals surface area contributed by atoms with Gasteiger partial charge in [0.2, 0.25) is 0 Å². The van der Waals surface area contributed by atoms with E-state index < -0.39 is 0 Å². The van der Waals surface area contributed by atoms with Gasteiger partial charge in [0.25, 0.3) is 0 Å². The van der Waals surface area contributed by atoms with Crippen molar-refractivity contribution in [1.82, 2.24) is 0 Å². The van der Waals surface area contributed by atoms with E-state index in [0.717, 1.165) is 19.4 Å². The van der Waals surface area contributed by atoms with Gasteiger partial charge in [-0.25, -0.2) is 0 Å². The quantitative estimate of drug-likeness (QED) is 0.279. The molecule has 0 saturated carbocycles. The fraction of sp³-hybridized carbons (Fsp3) is 0.944. The van der Waals surface area contributed by atoms with Crippen LogP contribution in [0.3, 0.4) is 0 Å². The molecule has 1 aliphatic heterocycles. The zero-order valence-corrected chi connectivity index (χ0v) is 15.9. The summed E-state index contributed by atoms with van der Waals surface area (Å²) < 4.78 is 37.3. The maximum atomic E-state index is 11.1. The first-order chi connectivity index (χ1) is 12.8. The van der Waals surface area contributed by atoms with Crippen LogP contribution in [0.15, 0.2) is 0 Å². The third-order valence-electron chi connectivity index (χ3n) is 3.54. The number of carbonyl (C=O) groups is 1. The van der Waals surface area contributed by atoms with Crippen LogP contribution >= 0.6 is 0 Å². The molecule has 1 saturated heterocycles. The Labute approximate surface area is 156 Å². The summed E-state index contributed by atoms with van der Waals surface area (Å²) in [4.78, 5) is 11.1. The molecular formula is C18H34O8. The van der Waals surface area contributed by atoms with Crippen LogP contribution in [0.4, 0.5) is 0 Å². The SMILES string of the molecule is CCOC(=O)CCOCCOCCOCCOCCOC1CCCCO1. The molecule has 8 heteroatoms. The van der Waals surface area contributed by atoms with E-state index in [1.807, 2.05) is 0 Å². The monoisotopic (exact) mass is 378 g/mol. The Balaban J connectivity index is 1.69. The Bertz CT molecular complexity index is 320. The molecule has 1 heterocycles. The summed E-state index contributed by atoms with van der Waals surface area (Å²) >= 11 is 0. The summed E-state index contributed by atoms with van der Waals surface area (Å²) in [5.41, 5.74) is 0. The minimum atomic E-state index is -0.238. The number of hydrogen-bond donors (Lipinski definition) is 0. The fourth-order valence-corrected chi connectivity index (χ4v) is 2.23. The summed E-state index contributed by atoms with van der Waals surface area (Å²) in [6.45, 7) is 7.42. The van der Waals surface area contributed by atoms with E-state index in [-0.39, 0.29) is 18.7 Å². The predicted molar refractivity (Wildman–Crippen MR) is 94.1 cm³/mol. The molecule has 1 aliphatic rings. The molecule has 154 valence electrons. The molecule has 0 aromatic heterocycles. The zero-order chi connectivity index (χ0) is 18.7. The summed E-state index contributed by atoms with van der Waals surface area (Å²) in [5, 5.41) is 0. The first kappa shape index (κ1) is 23.3. The largest absolute Gasteiger partial charge is 0.466 e. The highest BCUT2D eigenvalue weighted by molar-refractivity contribution is 5.69. The lowest BCUT2D eigenvalue weighted by Crippen LogP contribution is -2.24. The van der Waals surface area contributed by atoms with Crippen LogP contribution in [-0.2, 0) is 38.0 Å². The van der Waals surface area contributed by atoms with Gasteiger partial charge in [-0.2, -0.15) is 0 Å². The van der Waals surface area contributed by atoms with Gasteiger partial charge in [-0.15, -0.1) is 0 Å². The lowest BCUT2D eigenvalue weighted by Gasteiger charge is -2.22. The number of ether oxygens (including phenoxy) is 7. The van der Waals surface area contributed by atoms with Crippen LogP contribution in [0.5, 0.6) is 0 Å². The maximum Gasteiger partial charge on any atom is 0.308 e. The zero-order valence-electron chi connectivity index (χ0n) is 15.9. The molecule has 1 fully saturated rings. The Morgan fingerprint density at radius 1 is 0.846 bits per heavy atom. The van der Waals surface area contributed by atoms with Crippen molar-refractivity contribution < 1.29 is 38.0 Å². The van der Waals surface area contributed by atoms with Crippen LogP contribution in [0, 0.1) is 0 Å². The van der Waals surface area contributed by atoms with Gasteiger partial charge >= 0.3 is 5.97 Å². The number of hydrogen-bond acceptors (Lipinski definition) is 8. The Morgan fingerprint density at radius 3 is 1.96 bits per heavy atom. The van der Waals surface area contributed by atoms with Crippen molar-refractivity contribution in [3.8, 4) is 0 Å². The second-order valence-electron chi connectivity index (χ2n) is 5.67. The second-order valence-corrected chi connectivity index (χ2v) is 5.67. The van der Waals surface area contributed by atoms with E-state index >= 15 is 0 Å². The third-order valence-corrected chi connectivity index (χ3v) is 3.54. The van der Waals surface area contributed by atoms with Crippen molar-refractivity contribution >= 4 is 5.97 Å². The Kier molecular flexibility index (Phi) is 15.8. The van der Waals surface area contributed by atoms with Gasteiger partial charge in [0.1, 0.15) is 0 Å². The van der Waals surface area contributed by atoms with Crippen LogP contribution < -0.4 is 0 Å². The van der Waals surface area contributed by atoms with Crippen molar-refractivity contribution in [3.05, 3.63) is 0 Å². The second kappa shape index (κ2) is 17.6. The predicted octanol–water partition coefficient (Wildman–Crippen LogP) is 1.55. The van der Waals surface area contributed by atoms with Gasteiger partial charge in [-0.1, -0.05) is 0 Å². The highest BCUT2D eigenvalue weighted by Crippen LogP contribution is 2.13. The molecule has 0 N–H and O–H groups in total. The number of carbonyl (C=O) groups excluding carboxylic acids is 1. The van der Waals surface area contributed by atoms with Crippen molar-refractivity contribution in [3.63, 3.8) is 0 Å². The van der Waals surface area contributed by atoms with Crippen molar-refractivity contribution in [2.45, 2.75) is 38.9 Å². The molecule has 1 rings (SSSR count). The minimum Gasteiger partial charge on any atom is -0.466 e. The minimum absolute atomic E-state index is 0.0603. The first-order valence-electron chi connectivity index (χ1n) is 9.52. The molecule has 0 aromatic rings. The topological polar surface area (TPSA) is 81.7 Å². The molecule has 8 nitrogen and oxygen atoms in total. The Morgan fingerprint density at radius 2 is 1.42 bits per heavy atom. The maximum absolute atomic E-state index is 11.1. The van der Waals surface area contributed by atoms with E-state index in [4.69, 9.17) is 33.2 Å². The van der Waals surface area contributed by atoms with E-state index in [2.05, 4.69) is 0 Å². The molecule has 26 heavy (non-hydrogen) atoms. The lowest BCUT2D eigenvalue weighted by atomic mass is 10.2. The van der Waals surface area contributed by atoms with Crippen molar-refractivity contribution in [2.24, 2.45) is 0 Å². The van der Waals surface area contributed by atoms with Gasteiger partial charge in [0, 0.05) is 6.61 Å². The van der Waals surface area contributed by atoms with Crippen LogP contribution in [-0.4, -0.2) is 84.9 Å². The van der Waals surface area contributed by atoms with Gasteiger partial charge in [0.15, 0.2) is 6.29 Å². The molecule has 0 aliphatic carbocycles. The lowest BCUT2D eigenvalue weighted by molar-refractivity contribution is -0.169. The average molecular weight is 378 g/mol. The normalized spacial score (nSPS) is 17.3. The summed E-state index contributed by atoms with van der Waals surface area (Å²) in [6, 6.07) is 0. The van der Waals surface area contributed by atoms with Gasteiger partial charge in [-0.05, 0) is 26.2 Å². The standard InChI is InChI=1S/C18H34O8/c1-2-24-17(19)6-8-20-9-10-21-11-12-22-13-14-23-15-16-26-18-5-3-4-7-25-18/h18H,2-16H2,1H3. The van der Waals surface area contributed by atoms with E-state index in [9.17, 15) is 4.79 Å². The third kappa shape index (κ3) is 14.4. The van der Waals surface area contributed by atoms with Crippen molar-refractivity contribution in [1.29, 1.82) is 0 Å². The number of esters is 1. The van der Waals surface area contributed by atoms with Gasteiger partial charge in [-0.3, -0.25) is 4.79 Å². The fourth-order valence-electron chi connectivity index (χ4n) is 2.23.